The van der Waals surface area contributed by atoms with Crippen LogP contribution in [0.15, 0.2) is 401 Å². The Morgan fingerprint density at radius 3 is 1.15 bits per heavy atom. The Kier molecular flexibility index (Phi) is 15.9. The van der Waals surface area contributed by atoms with Gasteiger partial charge in [-0.1, -0.05) is 261 Å². The average molecular weight is 1630 g/mol. The Bertz CT molecular complexity index is 8850. The summed E-state index contributed by atoms with van der Waals surface area (Å²) in [5.41, 5.74) is 27.9. The fourth-order valence-electron chi connectivity index (χ4n) is 19.3. The quantitative estimate of drug-likeness (QED) is 0.110. The molecule has 0 radical (unpaired) electrons. The molecule has 0 amide bonds. The van der Waals surface area contributed by atoms with Crippen LogP contribution in [0.4, 0.5) is 0 Å². The molecule has 0 bridgehead atoms. The normalized spacial score (nSPS) is 12.0. The highest BCUT2D eigenvalue weighted by molar-refractivity contribution is 7.26. The van der Waals surface area contributed by atoms with Crippen molar-refractivity contribution in [3.8, 4) is 119 Å². The largest absolute Gasteiger partial charge is 0.309 e. The Hall–Kier alpha value is -17.0. The lowest BCUT2D eigenvalue weighted by Crippen LogP contribution is -2.06. The second-order valence-corrected chi connectivity index (χ2v) is 33.1. The molecule has 0 spiro atoms. The molecule has 16 aromatic carbocycles. The Morgan fingerprint density at radius 1 is 0.214 bits per heavy atom. The Balaban J connectivity index is 0.577. The molecule has 10 aromatic heterocycles. The van der Waals surface area contributed by atoms with E-state index in [1.54, 1.807) is 17.7 Å². The van der Waals surface area contributed by atoms with Gasteiger partial charge in [0, 0.05) is 110 Å². The van der Waals surface area contributed by atoms with E-state index in [0.29, 0.717) is 35.2 Å². The van der Waals surface area contributed by atoms with Crippen molar-refractivity contribution in [2.75, 3.05) is 0 Å². The zero-order valence-corrected chi connectivity index (χ0v) is 68.1. The number of para-hydroxylation sites is 4. The molecule has 10 heterocycles. The van der Waals surface area contributed by atoms with Crippen molar-refractivity contribution in [1.82, 2.24) is 67.7 Å². The second-order valence-electron chi connectivity index (χ2n) is 32.1. The van der Waals surface area contributed by atoms with Gasteiger partial charge in [0.15, 0.2) is 23.3 Å². The summed E-state index contributed by atoms with van der Waals surface area (Å²) in [4.78, 5) is 45.8. The maximum Gasteiger partial charge on any atom is 0.238 e. The fourth-order valence-corrected chi connectivity index (χ4v) is 20.5. The van der Waals surface area contributed by atoms with Crippen LogP contribution in [0.1, 0.15) is 0 Å². The predicted octanol–water partition coefficient (Wildman–Crippen LogP) is 27.4. The van der Waals surface area contributed by atoms with Crippen molar-refractivity contribution in [1.29, 1.82) is 0 Å². The summed E-state index contributed by atoms with van der Waals surface area (Å²) in [6.45, 7) is 0. The molecule has 0 atom stereocenters. The van der Waals surface area contributed by atoms with E-state index in [4.69, 9.17) is 39.9 Å². The summed E-state index contributed by atoms with van der Waals surface area (Å²) in [5.74, 6) is 3.54. The third kappa shape index (κ3) is 11.2. The van der Waals surface area contributed by atoms with Gasteiger partial charge in [-0.15, -0.1) is 11.3 Å². The minimum absolute atomic E-state index is 0.547. The molecule has 126 heavy (non-hydrogen) atoms. The van der Waals surface area contributed by atoms with Gasteiger partial charge >= 0.3 is 0 Å². The van der Waals surface area contributed by atoms with Crippen molar-refractivity contribution in [2.45, 2.75) is 0 Å². The van der Waals surface area contributed by atoms with Crippen molar-refractivity contribution in [3.05, 3.63) is 401 Å². The summed E-state index contributed by atoms with van der Waals surface area (Å²) in [6, 6.07) is 136. The third-order valence-corrected chi connectivity index (χ3v) is 26.2. The predicted molar refractivity (Wildman–Crippen MR) is 515 cm³/mol. The first kappa shape index (κ1) is 70.8. The Morgan fingerprint density at radius 2 is 0.603 bits per heavy atom. The number of benzene rings is 16. The maximum atomic E-state index is 5.29. The van der Waals surface area contributed by atoms with Gasteiger partial charge < -0.3 is 13.7 Å². The molecule has 14 nitrogen and oxygen atoms in total. The number of hydrogen-bond donors (Lipinski definition) is 0. The van der Waals surface area contributed by atoms with Crippen LogP contribution in [-0.4, -0.2) is 67.7 Å². The SMILES string of the molecule is c1ccc(-c2nc(-c3ccccc3)nc(-n3c4ccccc4c4cc(-c5ccc6c7ccccc7n(-c7ccc(-c8ccnc9c8sc8cccc(-c%10ccc%11c(c%10)c%10ccc(-c%12ccc%13c(c%12)c%12ccccc%12n%13-c%12nc(-c%13ccccc%13)nc(-c%13ccccc%13)n%12)cc%10n%11-c%10ccc%11c(c%10)c%10ncncc%10n%11-c%10ccccc%10)c89)cc7)c6c5)ccc43)n2)cc1. The number of nitrogens with zero attached hydrogens (tertiary/aromatic N) is 14. The molecule has 26 aromatic rings. The molecule has 0 N–H and O–H groups in total. The average Bonchev–Trinajstić information content (AvgIpc) is 1.57. The zero-order valence-electron chi connectivity index (χ0n) is 67.3. The topological polar surface area (TPSA) is 141 Å². The van der Waals surface area contributed by atoms with Crippen LogP contribution < -0.4 is 0 Å². The number of fused-ring (bicyclic) bond motifs is 18. The number of pyridine rings is 1. The van der Waals surface area contributed by atoms with Gasteiger partial charge in [-0.05, 0) is 160 Å². The highest BCUT2D eigenvalue weighted by Gasteiger charge is 2.26. The number of thiophene rings is 1. The monoisotopic (exact) mass is 1630 g/mol. The van der Waals surface area contributed by atoms with Crippen LogP contribution in [0, 0.1) is 0 Å². The first-order chi connectivity index (χ1) is 62.5. The second kappa shape index (κ2) is 28.3. The van der Waals surface area contributed by atoms with Gasteiger partial charge in [-0.2, -0.15) is 19.9 Å². The number of rotatable bonds is 13. The fraction of sp³-hybridized carbons (Fsp3) is 0. The van der Waals surface area contributed by atoms with Crippen LogP contribution >= 0.6 is 11.3 Å². The molecule has 26 rings (SSSR count). The summed E-state index contributed by atoms with van der Waals surface area (Å²) in [6.07, 6.45) is 5.56. The summed E-state index contributed by atoms with van der Waals surface area (Å²) in [5, 5.41) is 11.2. The van der Waals surface area contributed by atoms with Gasteiger partial charge in [-0.3, -0.25) is 14.1 Å². The molecule has 0 aliphatic heterocycles. The lowest BCUT2D eigenvalue weighted by molar-refractivity contribution is 0.953. The first-order valence-electron chi connectivity index (χ1n) is 42.1. The van der Waals surface area contributed by atoms with Gasteiger partial charge in [0.1, 0.15) is 6.33 Å². The molecule has 0 unspecified atom stereocenters. The van der Waals surface area contributed by atoms with E-state index in [-0.39, 0.29) is 0 Å². The van der Waals surface area contributed by atoms with E-state index >= 15 is 0 Å². The van der Waals surface area contributed by atoms with Crippen molar-refractivity contribution in [3.63, 3.8) is 0 Å². The smallest absolute Gasteiger partial charge is 0.238 e. The molecular formula is C111H66N14S. The van der Waals surface area contributed by atoms with Gasteiger partial charge in [-0.25, -0.2) is 19.9 Å². The third-order valence-electron chi connectivity index (χ3n) is 25.0. The van der Waals surface area contributed by atoms with Crippen molar-refractivity contribution < 1.29 is 0 Å². The van der Waals surface area contributed by atoms with Gasteiger partial charge in [0.05, 0.1) is 77.1 Å². The van der Waals surface area contributed by atoms with E-state index < -0.39 is 0 Å². The van der Waals surface area contributed by atoms with E-state index in [2.05, 4.69) is 289 Å². The Labute approximate surface area is 723 Å². The summed E-state index contributed by atoms with van der Waals surface area (Å²) < 4.78 is 13.8. The van der Waals surface area contributed by atoms with Crippen molar-refractivity contribution >= 4 is 141 Å². The van der Waals surface area contributed by atoms with Gasteiger partial charge in [0.25, 0.3) is 0 Å². The van der Waals surface area contributed by atoms with E-state index in [0.717, 1.165) is 198 Å². The number of aromatic nitrogens is 14. The van der Waals surface area contributed by atoms with E-state index in [1.165, 1.54) is 15.5 Å². The lowest BCUT2D eigenvalue weighted by Gasteiger charge is -2.12. The number of hydrogen-bond acceptors (Lipinski definition) is 10. The first-order valence-corrected chi connectivity index (χ1v) is 42.9. The molecular weight excluding hydrogens is 1560 g/mol. The highest BCUT2D eigenvalue weighted by Crippen LogP contribution is 2.48. The van der Waals surface area contributed by atoms with E-state index in [1.807, 2.05) is 134 Å². The minimum atomic E-state index is 0.547. The molecule has 15 heteroatoms. The molecule has 586 valence electrons. The van der Waals surface area contributed by atoms with Crippen LogP contribution in [0.5, 0.6) is 0 Å². The highest BCUT2D eigenvalue weighted by atomic mass is 32.1. The van der Waals surface area contributed by atoms with Crippen LogP contribution in [0.3, 0.4) is 0 Å². The molecule has 0 aliphatic rings. The minimum Gasteiger partial charge on any atom is -0.309 e. The van der Waals surface area contributed by atoms with Crippen LogP contribution in [0.25, 0.3) is 248 Å². The lowest BCUT2D eigenvalue weighted by atomic mass is 9.97. The molecule has 0 fully saturated rings. The van der Waals surface area contributed by atoms with Crippen LogP contribution in [0.2, 0.25) is 0 Å². The van der Waals surface area contributed by atoms with Crippen LogP contribution in [-0.2, 0) is 0 Å². The zero-order chi connectivity index (χ0) is 82.6. The maximum absolute atomic E-state index is 5.29. The summed E-state index contributed by atoms with van der Waals surface area (Å²) >= 11 is 1.80. The molecule has 0 saturated carbocycles. The standard InChI is InChI=1S/C111H66N14S/c1-6-23-68(24-7-1)106-115-107(69-25-8-2-9-26-69)118-110(117-106)124-92-38-20-17-34-83(92)87-59-72(45-53-95(87)124)74-43-51-85-82-33-16-19-37-91(82)121(98(85)62-74)78-48-41-67(42-49-78)81-57-58-113-104-102-80(36-22-40-101(102)126-105(81)104)76-47-55-94-89(61-76)86-52-44-75(63-99(86)123(94)79-50-56-97-90(64-79)103-100(65-112-66-114-103)122(97)77-31-14-5-15-32-77)73-46-54-96-88(60-73)84-35-18-21-39-93(84)125(96)111-119-108(70-27-10-3-11-28-70)116-109(120-111)71-29-12-4-13-30-71/h1-66H. The molecule has 0 aliphatic carbocycles. The van der Waals surface area contributed by atoms with Crippen molar-refractivity contribution in [2.24, 2.45) is 0 Å². The van der Waals surface area contributed by atoms with E-state index in [9.17, 15) is 0 Å². The van der Waals surface area contributed by atoms with Gasteiger partial charge in [0.2, 0.25) is 11.9 Å². The molecule has 0 saturated heterocycles. The summed E-state index contributed by atoms with van der Waals surface area (Å²) in [7, 11) is 0.